The number of anilines is 1. The Morgan fingerprint density at radius 3 is 2.95 bits per heavy atom. The lowest BCUT2D eigenvalue weighted by atomic mass is 10.1. The normalized spacial score (nSPS) is 10.2. The molecular formula is C14H17N5. The minimum atomic E-state index is 0.632. The van der Waals surface area contributed by atoms with E-state index >= 15 is 0 Å². The summed E-state index contributed by atoms with van der Waals surface area (Å²) in [7, 11) is 0. The van der Waals surface area contributed by atoms with Crippen molar-refractivity contribution in [2.45, 2.75) is 26.7 Å². The molecule has 0 radical (unpaired) electrons. The van der Waals surface area contributed by atoms with E-state index in [0.29, 0.717) is 5.56 Å². The van der Waals surface area contributed by atoms with E-state index in [1.807, 2.05) is 26.0 Å². The van der Waals surface area contributed by atoms with E-state index in [9.17, 15) is 0 Å². The molecule has 0 aliphatic rings. The minimum absolute atomic E-state index is 0.632. The number of aromatic amines is 1. The van der Waals surface area contributed by atoms with Crippen molar-refractivity contribution in [3.8, 4) is 6.07 Å². The molecule has 2 heterocycles. The Kier molecular flexibility index (Phi) is 4.14. The molecule has 19 heavy (non-hydrogen) atoms. The Morgan fingerprint density at radius 1 is 1.42 bits per heavy atom. The first kappa shape index (κ1) is 13.1. The molecule has 0 aliphatic heterocycles. The third-order valence-electron chi connectivity index (χ3n) is 2.94. The zero-order chi connectivity index (χ0) is 13.7. The van der Waals surface area contributed by atoms with Gasteiger partial charge in [-0.1, -0.05) is 0 Å². The van der Waals surface area contributed by atoms with Gasteiger partial charge in [-0.25, -0.2) is 0 Å². The van der Waals surface area contributed by atoms with E-state index < -0.39 is 0 Å². The van der Waals surface area contributed by atoms with Crippen molar-refractivity contribution in [2.24, 2.45) is 0 Å². The number of nitrogens with one attached hydrogen (secondary N) is 2. The Morgan fingerprint density at radius 2 is 2.26 bits per heavy atom. The molecule has 0 fully saturated rings. The highest BCUT2D eigenvalue weighted by atomic mass is 15.1. The molecule has 0 saturated heterocycles. The molecular weight excluding hydrogens is 238 g/mol. The molecule has 2 N–H and O–H groups in total. The average Bonchev–Trinajstić information content (AvgIpc) is 2.87. The van der Waals surface area contributed by atoms with Gasteiger partial charge in [0.25, 0.3) is 0 Å². The molecule has 0 aromatic carbocycles. The molecule has 0 unspecified atom stereocenters. The Bertz CT molecular complexity index is 581. The van der Waals surface area contributed by atoms with Crippen LogP contribution < -0.4 is 5.32 Å². The third-order valence-corrected chi connectivity index (χ3v) is 2.94. The summed E-state index contributed by atoms with van der Waals surface area (Å²) < 4.78 is 0. The largest absolute Gasteiger partial charge is 0.384 e. The lowest BCUT2D eigenvalue weighted by Gasteiger charge is -2.10. The fourth-order valence-corrected chi connectivity index (χ4v) is 2.04. The number of nitrogens with zero attached hydrogens (tertiary/aromatic N) is 3. The van der Waals surface area contributed by atoms with Gasteiger partial charge in [-0.15, -0.1) is 0 Å². The molecule has 0 atom stereocenters. The summed E-state index contributed by atoms with van der Waals surface area (Å²) in [4.78, 5) is 4.30. The van der Waals surface area contributed by atoms with Gasteiger partial charge in [-0.2, -0.15) is 10.4 Å². The highest BCUT2D eigenvalue weighted by Gasteiger charge is 2.07. The number of rotatable bonds is 5. The second-order valence-corrected chi connectivity index (χ2v) is 4.50. The third kappa shape index (κ3) is 3.32. The Labute approximate surface area is 112 Å². The van der Waals surface area contributed by atoms with Gasteiger partial charge in [0.2, 0.25) is 0 Å². The zero-order valence-corrected chi connectivity index (χ0v) is 11.2. The minimum Gasteiger partial charge on any atom is -0.384 e. The van der Waals surface area contributed by atoms with Gasteiger partial charge in [0.15, 0.2) is 0 Å². The number of aromatic nitrogens is 3. The maximum absolute atomic E-state index is 9.15. The van der Waals surface area contributed by atoms with Crippen molar-refractivity contribution >= 4 is 5.69 Å². The number of nitriles is 1. The maximum atomic E-state index is 9.15. The zero-order valence-electron chi connectivity index (χ0n) is 11.2. The number of hydrogen-bond acceptors (Lipinski definition) is 4. The molecule has 2 aromatic heterocycles. The molecule has 2 rings (SSSR count). The summed E-state index contributed by atoms with van der Waals surface area (Å²) in [5.41, 5.74) is 4.33. The molecule has 0 spiro atoms. The van der Waals surface area contributed by atoms with Gasteiger partial charge in [0.05, 0.1) is 16.9 Å². The number of hydrogen-bond donors (Lipinski definition) is 2. The van der Waals surface area contributed by atoms with Crippen LogP contribution in [0.25, 0.3) is 0 Å². The highest BCUT2D eigenvalue weighted by Crippen LogP contribution is 2.18. The Balaban J connectivity index is 1.94. The topological polar surface area (TPSA) is 77.4 Å². The first-order chi connectivity index (χ1) is 9.20. The summed E-state index contributed by atoms with van der Waals surface area (Å²) in [5, 5.41) is 19.3. The van der Waals surface area contributed by atoms with E-state index in [1.165, 1.54) is 0 Å². The van der Waals surface area contributed by atoms with E-state index in [1.54, 1.807) is 6.20 Å². The average molecular weight is 255 g/mol. The molecule has 5 nitrogen and oxygen atoms in total. The molecule has 0 aliphatic carbocycles. The van der Waals surface area contributed by atoms with Crippen molar-refractivity contribution in [3.63, 3.8) is 0 Å². The predicted octanol–water partition coefficient (Wildman–Crippen LogP) is 2.34. The van der Waals surface area contributed by atoms with Gasteiger partial charge in [-0.3, -0.25) is 10.1 Å². The first-order valence-corrected chi connectivity index (χ1v) is 6.31. The van der Waals surface area contributed by atoms with E-state index in [-0.39, 0.29) is 0 Å². The molecule has 0 bridgehead atoms. The lowest BCUT2D eigenvalue weighted by molar-refractivity contribution is 0.826. The standard InChI is InChI=1S/C14H17N5/c1-10-8-14(13(9-15)11(2)18-10)16-6-3-4-12-5-7-17-19-12/h5,7-8H,3-4,6H2,1-2H3,(H,16,18)(H,17,19). The molecule has 0 amide bonds. The molecule has 5 heteroatoms. The van der Waals surface area contributed by atoms with Gasteiger partial charge in [0, 0.05) is 24.1 Å². The fourth-order valence-electron chi connectivity index (χ4n) is 2.04. The summed E-state index contributed by atoms with van der Waals surface area (Å²) in [5.74, 6) is 0. The summed E-state index contributed by atoms with van der Waals surface area (Å²) in [6, 6.07) is 6.10. The summed E-state index contributed by atoms with van der Waals surface area (Å²) in [6.45, 7) is 4.61. The van der Waals surface area contributed by atoms with E-state index in [4.69, 9.17) is 5.26 Å². The van der Waals surface area contributed by atoms with Crippen LogP contribution in [0.1, 0.15) is 29.1 Å². The molecule has 98 valence electrons. The van der Waals surface area contributed by atoms with Crippen LogP contribution in [0.4, 0.5) is 5.69 Å². The van der Waals surface area contributed by atoms with E-state index in [2.05, 4.69) is 26.6 Å². The second kappa shape index (κ2) is 6.01. The van der Waals surface area contributed by atoms with Crippen LogP contribution in [0.2, 0.25) is 0 Å². The first-order valence-electron chi connectivity index (χ1n) is 6.31. The van der Waals surface area contributed by atoms with Crippen molar-refractivity contribution < 1.29 is 0 Å². The van der Waals surface area contributed by atoms with Crippen LogP contribution in [0, 0.1) is 25.2 Å². The smallest absolute Gasteiger partial charge is 0.103 e. The van der Waals surface area contributed by atoms with Crippen LogP contribution >= 0.6 is 0 Å². The van der Waals surface area contributed by atoms with Crippen molar-refractivity contribution in [2.75, 3.05) is 11.9 Å². The SMILES string of the molecule is Cc1cc(NCCCc2ccn[nH]2)c(C#N)c(C)n1. The van der Waals surface area contributed by atoms with Crippen molar-refractivity contribution in [1.29, 1.82) is 5.26 Å². The maximum Gasteiger partial charge on any atom is 0.103 e. The van der Waals surface area contributed by atoms with Gasteiger partial charge < -0.3 is 5.32 Å². The van der Waals surface area contributed by atoms with Gasteiger partial charge in [0.1, 0.15) is 6.07 Å². The Hall–Kier alpha value is -2.35. The summed E-state index contributed by atoms with van der Waals surface area (Å²) >= 11 is 0. The van der Waals surface area contributed by atoms with Crippen LogP contribution in [-0.4, -0.2) is 21.7 Å². The fraction of sp³-hybridized carbons (Fsp3) is 0.357. The summed E-state index contributed by atoms with van der Waals surface area (Å²) in [6.07, 6.45) is 3.68. The second-order valence-electron chi connectivity index (χ2n) is 4.50. The number of pyridine rings is 1. The number of aryl methyl sites for hydroxylation is 3. The van der Waals surface area contributed by atoms with Crippen LogP contribution in [0.5, 0.6) is 0 Å². The molecule has 0 saturated carbocycles. The van der Waals surface area contributed by atoms with Crippen LogP contribution in [0.3, 0.4) is 0 Å². The molecule has 2 aromatic rings. The van der Waals surface area contributed by atoms with Crippen molar-refractivity contribution in [3.05, 3.63) is 41.0 Å². The van der Waals surface area contributed by atoms with Crippen molar-refractivity contribution in [1.82, 2.24) is 15.2 Å². The van der Waals surface area contributed by atoms with E-state index in [0.717, 1.165) is 42.2 Å². The van der Waals surface area contributed by atoms with Crippen LogP contribution in [-0.2, 0) is 6.42 Å². The number of H-pyrrole nitrogens is 1. The lowest BCUT2D eigenvalue weighted by Crippen LogP contribution is -2.07. The highest BCUT2D eigenvalue weighted by molar-refractivity contribution is 5.59. The van der Waals surface area contributed by atoms with Crippen LogP contribution in [0.15, 0.2) is 18.3 Å². The van der Waals surface area contributed by atoms with Gasteiger partial charge in [-0.05, 0) is 38.8 Å². The predicted molar refractivity (Wildman–Crippen MR) is 73.8 cm³/mol. The van der Waals surface area contributed by atoms with Gasteiger partial charge >= 0.3 is 0 Å². The quantitative estimate of drug-likeness (QED) is 0.804. The monoisotopic (exact) mass is 255 g/mol.